The topological polar surface area (TPSA) is 38.5 Å². The zero-order chi connectivity index (χ0) is 11.4. The molecule has 0 saturated heterocycles. The first-order valence-corrected chi connectivity index (χ1v) is 4.90. The molecule has 5 heteroatoms. The van der Waals surface area contributed by atoms with E-state index < -0.39 is 5.82 Å². The highest BCUT2D eigenvalue weighted by atomic mass is 35.5. The Morgan fingerprint density at radius 1 is 1.47 bits per heavy atom. The summed E-state index contributed by atoms with van der Waals surface area (Å²) >= 11 is 5.78. The highest BCUT2D eigenvalue weighted by Crippen LogP contribution is 2.28. The molecule has 1 aromatic rings. The smallest absolute Gasteiger partial charge is 0.147 e. The van der Waals surface area contributed by atoms with Crippen LogP contribution in [-0.2, 0) is 0 Å². The first-order valence-electron chi connectivity index (χ1n) is 4.52. The monoisotopic (exact) mass is 232 g/mol. The molecule has 1 aromatic carbocycles. The van der Waals surface area contributed by atoms with E-state index in [0.717, 1.165) is 12.6 Å². The highest BCUT2D eigenvalue weighted by Gasteiger charge is 2.07. The van der Waals surface area contributed by atoms with Crippen LogP contribution in [0, 0.1) is 5.82 Å². The molecule has 0 aliphatic rings. The van der Waals surface area contributed by atoms with Gasteiger partial charge in [-0.25, -0.2) is 4.39 Å². The molecule has 0 saturated carbocycles. The fourth-order valence-electron chi connectivity index (χ4n) is 0.994. The maximum atomic E-state index is 12.9. The second kappa shape index (κ2) is 5.19. The van der Waals surface area contributed by atoms with E-state index in [1.54, 1.807) is 0 Å². The van der Waals surface area contributed by atoms with E-state index >= 15 is 0 Å². The summed E-state index contributed by atoms with van der Waals surface area (Å²) in [6.45, 7) is 1.24. The average molecular weight is 233 g/mol. The fraction of sp³-hybridized carbons (Fsp3) is 0.400. The molecular weight excluding hydrogens is 219 g/mol. The van der Waals surface area contributed by atoms with Crippen LogP contribution in [0.15, 0.2) is 12.1 Å². The van der Waals surface area contributed by atoms with Gasteiger partial charge in [-0.3, -0.25) is 0 Å². The van der Waals surface area contributed by atoms with Gasteiger partial charge in [0.1, 0.15) is 18.2 Å². The first kappa shape index (κ1) is 12.1. The van der Waals surface area contributed by atoms with Gasteiger partial charge < -0.3 is 15.4 Å². The Morgan fingerprint density at radius 2 is 2.13 bits per heavy atom. The van der Waals surface area contributed by atoms with Crippen molar-refractivity contribution >= 4 is 17.3 Å². The first-order chi connectivity index (χ1) is 7.00. The van der Waals surface area contributed by atoms with Crippen molar-refractivity contribution in [2.24, 2.45) is 0 Å². The van der Waals surface area contributed by atoms with E-state index in [1.165, 1.54) is 6.07 Å². The van der Waals surface area contributed by atoms with Gasteiger partial charge in [-0.05, 0) is 20.2 Å². The van der Waals surface area contributed by atoms with Gasteiger partial charge in [-0.1, -0.05) is 11.6 Å². The number of likely N-dealkylation sites (N-methyl/N-ethyl adjacent to an activating group) is 1. The molecule has 0 fully saturated rings. The molecule has 0 aliphatic heterocycles. The third kappa shape index (κ3) is 3.57. The average Bonchev–Trinajstić information content (AvgIpc) is 2.13. The number of ether oxygens (including phenoxy) is 1. The molecular formula is C10H14ClFN2O. The molecule has 15 heavy (non-hydrogen) atoms. The molecule has 0 radical (unpaired) electrons. The molecule has 0 atom stereocenters. The molecule has 3 nitrogen and oxygen atoms in total. The number of rotatable bonds is 4. The van der Waals surface area contributed by atoms with Gasteiger partial charge >= 0.3 is 0 Å². The molecule has 0 spiro atoms. The standard InChI is InChI=1S/C10H14ClFN2O/c1-14(2)3-4-15-10-6-9(13)8(12)5-7(10)11/h5-6H,3-4,13H2,1-2H3. The Labute approximate surface area is 93.6 Å². The van der Waals surface area contributed by atoms with Crippen molar-refractivity contribution in [3.8, 4) is 5.75 Å². The van der Waals surface area contributed by atoms with Gasteiger partial charge in [0.2, 0.25) is 0 Å². The molecule has 0 unspecified atom stereocenters. The van der Waals surface area contributed by atoms with Crippen LogP contribution in [0.4, 0.5) is 10.1 Å². The number of nitrogens with two attached hydrogens (primary N) is 1. The largest absolute Gasteiger partial charge is 0.491 e. The minimum absolute atomic E-state index is 0.0410. The van der Waals surface area contributed by atoms with Gasteiger partial charge in [0.15, 0.2) is 0 Å². The lowest BCUT2D eigenvalue weighted by atomic mass is 10.3. The van der Waals surface area contributed by atoms with Crippen molar-refractivity contribution in [2.45, 2.75) is 0 Å². The predicted molar refractivity (Wildman–Crippen MR) is 59.9 cm³/mol. The van der Waals surface area contributed by atoms with Crippen LogP contribution in [0.3, 0.4) is 0 Å². The van der Waals surface area contributed by atoms with Gasteiger partial charge in [0.25, 0.3) is 0 Å². The van der Waals surface area contributed by atoms with E-state index in [4.69, 9.17) is 22.1 Å². The van der Waals surface area contributed by atoms with Crippen LogP contribution in [-0.4, -0.2) is 32.1 Å². The van der Waals surface area contributed by atoms with E-state index in [9.17, 15) is 4.39 Å². The van der Waals surface area contributed by atoms with Crippen LogP contribution in [0.5, 0.6) is 5.75 Å². The van der Waals surface area contributed by atoms with Crippen LogP contribution in [0.1, 0.15) is 0 Å². The fourth-order valence-corrected chi connectivity index (χ4v) is 1.20. The number of anilines is 1. The lowest BCUT2D eigenvalue weighted by Gasteiger charge is -2.12. The number of halogens is 2. The Balaban J connectivity index is 2.65. The summed E-state index contributed by atoms with van der Waals surface area (Å²) in [7, 11) is 3.87. The van der Waals surface area contributed by atoms with Crippen LogP contribution in [0.25, 0.3) is 0 Å². The minimum Gasteiger partial charge on any atom is -0.491 e. The van der Waals surface area contributed by atoms with Gasteiger partial charge in [-0.2, -0.15) is 0 Å². The van der Waals surface area contributed by atoms with Gasteiger partial charge in [0, 0.05) is 12.6 Å². The Kier molecular flexibility index (Phi) is 4.17. The third-order valence-corrected chi connectivity index (χ3v) is 2.14. The van der Waals surface area contributed by atoms with Crippen LogP contribution >= 0.6 is 11.6 Å². The van der Waals surface area contributed by atoms with Crippen molar-refractivity contribution in [1.29, 1.82) is 0 Å². The maximum absolute atomic E-state index is 12.9. The van der Waals surface area contributed by atoms with Crippen LogP contribution < -0.4 is 10.5 Å². The van der Waals surface area contributed by atoms with E-state index in [-0.39, 0.29) is 10.7 Å². The summed E-state index contributed by atoms with van der Waals surface area (Å²) in [6.07, 6.45) is 0. The number of benzene rings is 1. The van der Waals surface area contributed by atoms with Crippen molar-refractivity contribution in [1.82, 2.24) is 4.90 Å². The van der Waals surface area contributed by atoms with Gasteiger partial charge in [0.05, 0.1) is 10.7 Å². The number of nitrogen functional groups attached to an aromatic ring is 1. The summed E-state index contributed by atoms with van der Waals surface area (Å²) in [5.74, 6) is -0.114. The van der Waals surface area contributed by atoms with E-state index in [0.29, 0.717) is 12.4 Å². The SMILES string of the molecule is CN(C)CCOc1cc(N)c(F)cc1Cl. The Bertz CT molecular complexity index is 344. The number of nitrogens with zero attached hydrogens (tertiary/aromatic N) is 1. The summed E-state index contributed by atoms with van der Waals surface area (Å²) in [5, 5.41) is 0.237. The highest BCUT2D eigenvalue weighted by molar-refractivity contribution is 6.32. The molecule has 1 rings (SSSR count). The van der Waals surface area contributed by atoms with E-state index in [1.807, 2.05) is 19.0 Å². The van der Waals surface area contributed by atoms with Crippen LogP contribution in [0.2, 0.25) is 5.02 Å². The predicted octanol–water partition coefficient (Wildman–Crippen LogP) is 2.00. The zero-order valence-corrected chi connectivity index (χ0v) is 9.51. The van der Waals surface area contributed by atoms with Crippen molar-refractivity contribution < 1.29 is 9.13 Å². The summed E-state index contributed by atoms with van der Waals surface area (Å²) in [5.41, 5.74) is 5.44. The van der Waals surface area contributed by atoms with Crippen molar-refractivity contribution in [2.75, 3.05) is 33.0 Å². The zero-order valence-electron chi connectivity index (χ0n) is 8.76. The summed E-state index contributed by atoms with van der Waals surface area (Å²) in [4.78, 5) is 1.97. The number of hydrogen-bond donors (Lipinski definition) is 1. The summed E-state index contributed by atoms with van der Waals surface area (Å²) < 4.78 is 18.3. The lowest BCUT2D eigenvalue weighted by molar-refractivity contribution is 0.261. The van der Waals surface area contributed by atoms with Crippen molar-refractivity contribution in [3.05, 3.63) is 23.0 Å². The normalized spacial score (nSPS) is 10.7. The summed E-state index contributed by atoms with van der Waals surface area (Å²) in [6, 6.07) is 2.55. The molecule has 2 N–H and O–H groups in total. The molecule has 0 heterocycles. The molecule has 0 aromatic heterocycles. The quantitative estimate of drug-likeness (QED) is 0.807. The number of hydrogen-bond acceptors (Lipinski definition) is 3. The molecule has 84 valence electrons. The maximum Gasteiger partial charge on any atom is 0.147 e. The lowest BCUT2D eigenvalue weighted by Crippen LogP contribution is -2.19. The minimum atomic E-state index is -0.528. The molecule has 0 bridgehead atoms. The molecule has 0 amide bonds. The van der Waals surface area contributed by atoms with E-state index in [2.05, 4.69) is 0 Å². The second-order valence-electron chi connectivity index (χ2n) is 3.46. The Hall–Kier alpha value is -1.00. The second-order valence-corrected chi connectivity index (χ2v) is 3.86. The molecule has 0 aliphatic carbocycles. The van der Waals surface area contributed by atoms with Crippen molar-refractivity contribution in [3.63, 3.8) is 0 Å². The third-order valence-electron chi connectivity index (χ3n) is 1.85. The van der Waals surface area contributed by atoms with Gasteiger partial charge in [-0.15, -0.1) is 0 Å². The Morgan fingerprint density at radius 3 is 2.73 bits per heavy atom.